The average Bonchev–Trinajstić information content (AvgIpc) is 2.55. The SMILES string of the molecule is O=Cc1ccc(-c2ccc(Nc3cc(Cl)cc(Cl)c3)nc2)cc1. The van der Waals surface area contributed by atoms with Gasteiger partial charge in [0.2, 0.25) is 0 Å². The van der Waals surface area contributed by atoms with Gasteiger partial charge in [-0.15, -0.1) is 0 Å². The molecule has 0 bridgehead atoms. The summed E-state index contributed by atoms with van der Waals surface area (Å²) in [6, 6.07) is 16.4. The van der Waals surface area contributed by atoms with Crippen LogP contribution >= 0.6 is 23.2 Å². The first-order valence-electron chi connectivity index (χ1n) is 6.89. The Kier molecular flexibility index (Phi) is 4.60. The van der Waals surface area contributed by atoms with Gasteiger partial charge in [0, 0.05) is 33.1 Å². The Morgan fingerprint density at radius 1 is 0.870 bits per heavy atom. The minimum Gasteiger partial charge on any atom is -0.340 e. The number of anilines is 2. The highest BCUT2D eigenvalue weighted by molar-refractivity contribution is 6.35. The molecule has 0 spiro atoms. The van der Waals surface area contributed by atoms with Crippen molar-refractivity contribution in [2.75, 3.05) is 5.32 Å². The third-order valence-corrected chi connectivity index (χ3v) is 3.71. The summed E-state index contributed by atoms with van der Waals surface area (Å²) in [7, 11) is 0. The van der Waals surface area contributed by atoms with Crippen LogP contribution in [0.2, 0.25) is 10.0 Å². The highest BCUT2D eigenvalue weighted by Gasteiger charge is 2.02. The summed E-state index contributed by atoms with van der Waals surface area (Å²) in [5, 5.41) is 4.28. The quantitative estimate of drug-likeness (QED) is 0.626. The van der Waals surface area contributed by atoms with E-state index in [0.29, 0.717) is 21.4 Å². The van der Waals surface area contributed by atoms with Crippen molar-refractivity contribution in [1.82, 2.24) is 4.98 Å². The van der Waals surface area contributed by atoms with Crippen molar-refractivity contribution in [3.8, 4) is 11.1 Å². The smallest absolute Gasteiger partial charge is 0.150 e. The van der Waals surface area contributed by atoms with Gasteiger partial charge < -0.3 is 5.32 Å². The second-order valence-electron chi connectivity index (χ2n) is 4.96. The summed E-state index contributed by atoms with van der Waals surface area (Å²) in [6.45, 7) is 0. The number of carbonyl (C=O) groups is 1. The molecule has 0 radical (unpaired) electrons. The van der Waals surface area contributed by atoms with E-state index in [0.717, 1.165) is 23.1 Å². The summed E-state index contributed by atoms with van der Waals surface area (Å²) in [5.74, 6) is 0.691. The molecule has 0 saturated carbocycles. The Labute approximate surface area is 143 Å². The number of nitrogens with one attached hydrogen (secondary N) is 1. The van der Waals surface area contributed by atoms with Crippen molar-refractivity contribution in [3.63, 3.8) is 0 Å². The molecule has 0 fully saturated rings. The Hall–Kier alpha value is -2.36. The highest BCUT2D eigenvalue weighted by Crippen LogP contribution is 2.26. The maximum absolute atomic E-state index is 10.7. The van der Waals surface area contributed by atoms with Crippen molar-refractivity contribution in [2.24, 2.45) is 0 Å². The molecule has 1 aromatic heterocycles. The van der Waals surface area contributed by atoms with E-state index in [9.17, 15) is 4.79 Å². The minimum absolute atomic E-state index is 0.562. The highest BCUT2D eigenvalue weighted by atomic mass is 35.5. The molecule has 0 aliphatic heterocycles. The van der Waals surface area contributed by atoms with Gasteiger partial charge in [-0.2, -0.15) is 0 Å². The number of hydrogen-bond acceptors (Lipinski definition) is 3. The van der Waals surface area contributed by atoms with E-state index in [1.807, 2.05) is 24.3 Å². The van der Waals surface area contributed by atoms with Crippen LogP contribution in [0.3, 0.4) is 0 Å². The number of rotatable bonds is 4. The van der Waals surface area contributed by atoms with Gasteiger partial charge in [0.05, 0.1) is 0 Å². The number of pyridine rings is 1. The Morgan fingerprint density at radius 3 is 2.09 bits per heavy atom. The lowest BCUT2D eigenvalue weighted by molar-refractivity contribution is 0.112. The molecule has 3 nitrogen and oxygen atoms in total. The van der Waals surface area contributed by atoms with E-state index in [-0.39, 0.29) is 0 Å². The molecule has 0 saturated heterocycles. The maximum atomic E-state index is 10.7. The zero-order chi connectivity index (χ0) is 16.2. The van der Waals surface area contributed by atoms with Crippen LogP contribution in [0.4, 0.5) is 11.5 Å². The number of nitrogens with zero attached hydrogens (tertiary/aromatic N) is 1. The predicted molar refractivity (Wildman–Crippen MR) is 94.8 cm³/mol. The van der Waals surface area contributed by atoms with Crippen LogP contribution in [0.1, 0.15) is 10.4 Å². The largest absolute Gasteiger partial charge is 0.340 e. The van der Waals surface area contributed by atoms with Crippen LogP contribution in [0.15, 0.2) is 60.8 Å². The molecule has 5 heteroatoms. The Morgan fingerprint density at radius 2 is 1.52 bits per heavy atom. The fourth-order valence-corrected chi connectivity index (χ4v) is 2.69. The zero-order valence-corrected chi connectivity index (χ0v) is 13.5. The van der Waals surface area contributed by atoms with Crippen molar-refractivity contribution in [1.29, 1.82) is 0 Å². The third-order valence-electron chi connectivity index (χ3n) is 3.28. The van der Waals surface area contributed by atoms with E-state index in [1.165, 1.54) is 0 Å². The van der Waals surface area contributed by atoms with E-state index < -0.39 is 0 Å². The summed E-state index contributed by atoms with van der Waals surface area (Å²) < 4.78 is 0. The van der Waals surface area contributed by atoms with Crippen molar-refractivity contribution in [3.05, 3.63) is 76.4 Å². The van der Waals surface area contributed by atoms with Gasteiger partial charge in [0.25, 0.3) is 0 Å². The molecule has 0 unspecified atom stereocenters. The van der Waals surface area contributed by atoms with Gasteiger partial charge >= 0.3 is 0 Å². The van der Waals surface area contributed by atoms with Crippen molar-refractivity contribution < 1.29 is 4.79 Å². The second-order valence-corrected chi connectivity index (χ2v) is 5.83. The van der Waals surface area contributed by atoms with Gasteiger partial charge in [-0.3, -0.25) is 4.79 Å². The van der Waals surface area contributed by atoms with Crippen LogP contribution in [0.5, 0.6) is 0 Å². The Bertz CT molecular complexity index is 810. The Balaban J connectivity index is 1.79. The van der Waals surface area contributed by atoms with Crippen LogP contribution < -0.4 is 5.32 Å². The molecule has 0 aliphatic rings. The summed E-state index contributed by atoms with van der Waals surface area (Å²) in [6.07, 6.45) is 2.59. The van der Waals surface area contributed by atoms with Crippen molar-refractivity contribution in [2.45, 2.75) is 0 Å². The first kappa shape index (κ1) is 15.5. The normalized spacial score (nSPS) is 10.3. The fraction of sp³-hybridized carbons (Fsp3) is 0. The summed E-state index contributed by atoms with van der Waals surface area (Å²) in [4.78, 5) is 15.1. The lowest BCUT2D eigenvalue weighted by atomic mass is 10.1. The van der Waals surface area contributed by atoms with Gasteiger partial charge in [0.1, 0.15) is 12.1 Å². The average molecular weight is 343 g/mol. The summed E-state index contributed by atoms with van der Waals surface area (Å²) in [5.41, 5.74) is 3.40. The van der Waals surface area contributed by atoms with E-state index in [2.05, 4.69) is 10.3 Å². The number of carbonyl (C=O) groups excluding carboxylic acids is 1. The molecule has 3 rings (SSSR count). The number of benzene rings is 2. The van der Waals surface area contributed by atoms with Gasteiger partial charge in [0.15, 0.2) is 0 Å². The van der Waals surface area contributed by atoms with Gasteiger partial charge in [-0.1, -0.05) is 47.5 Å². The number of aldehydes is 1. The molecule has 0 amide bonds. The monoisotopic (exact) mass is 342 g/mol. The molecular weight excluding hydrogens is 331 g/mol. The molecule has 0 aliphatic carbocycles. The lowest BCUT2D eigenvalue weighted by Crippen LogP contribution is -1.93. The van der Waals surface area contributed by atoms with Gasteiger partial charge in [-0.25, -0.2) is 4.98 Å². The lowest BCUT2D eigenvalue weighted by Gasteiger charge is -2.08. The zero-order valence-electron chi connectivity index (χ0n) is 12.0. The topological polar surface area (TPSA) is 42.0 Å². The van der Waals surface area contributed by atoms with E-state index in [4.69, 9.17) is 23.2 Å². The molecule has 2 aromatic carbocycles. The molecule has 114 valence electrons. The van der Waals surface area contributed by atoms with Crippen LogP contribution in [0.25, 0.3) is 11.1 Å². The second kappa shape index (κ2) is 6.82. The molecule has 1 N–H and O–H groups in total. The number of hydrogen-bond donors (Lipinski definition) is 1. The van der Waals surface area contributed by atoms with Crippen LogP contribution in [-0.2, 0) is 0 Å². The van der Waals surface area contributed by atoms with Crippen LogP contribution in [0, 0.1) is 0 Å². The standard InChI is InChI=1S/C18H12Cl2N2O/c19-15-7-16(20)9-17(8-15)22-18-6-5-14(10-21-18)13-3-1-12(11-23)2-4-13/h1-11H,(H,21,22). The van der Waals surface area contributed by atoms with Crippen LogP contribution in [-0.4, -0.2) is 11.3 Å². The third kappa shape index (κ3) is 3.89. The number of aromatic nitrogens is 1. The molecule has 3 aromatic rings. The van der Waals surface area contributed by atoms with E-state index in [1.54, 1.807) is 36.5 Å². The molecular formula is C18H12Cl2N2O. The van der Waals surface area contributed by atoms with Gasteiger partial charge in [-0.05, 0) is 35.9 Å². The molecule has 1 heterocycles. The van der Waals surface area contributed by atoms with E-state index >= 15 is 0 Å². The fourth-order valence-electron chi connectivity index (χ4n) is 2.17. The molecule has 0 atom stereocenters. The molecule has 23 heavy (non-hydrogen) atoms. The first-order chi connectivity index (χ1) is 11.1. The summed E-state index contributed by atoms with van der Waals surface area (Å²) >= 11 is 12.0. The first-order valence-corrected chi connectivity index (χ1v) is 7.64. The van der Waals surface area contributed by atoms with Crippen molar-refractivity contribution >= 4 is 41.0 Å². The maximum Gasteiger partial charge on any atom is 0.150 e. The predicted octanol–water partition coefficient (Wildman–Crippen LogP) is 5.61. The number of halogens is 2. The minimum atomic E-state index is 0.562.